The molecule has 3 aromatic carbocycles. The van der Waals surface area contributed by atoms with Crippen molar-refractivity contribution in [1.82, 2.24) is 59.0 Å². The monoisotopic (exact) mass is 1820 g/mol. The van der Waals surface area contributed by atoms with E-state index in [9.17, 15) is 65.3 Å². The predicted molar refractivity (Wildman–Crippen MR) is 435 cm³/mol. The zero-order valence-electron chi connectivity index (χ0n) is 64.3. The normalized spacial score (nSPS) is 23.2. The van der Waals surface area contributed by atoms with Crippen LogP contribution in [-0.4, -0.2) is 183 Å². The van der Waals surface area contributed by atoms with E-state index in [1.165, 1.54) is 64.4 Å². The summed E-state index contributed by atoms with van der Waals surface area (Å²) in [5.41, 5.74) is 3.57. The number of pyridine rings is 3. The van der Waals surface area contributed by atoms with Crippen molar-refractivity contribution in [1.29, 1.82) is 9.56 Å². The molecule has 3 saturated carbocycles. The van der Waals surface area contributed by atoms with E-state index in [1.54, 1.807) is 71.5 Å². The van der Waals surface area contributed by atoms with Crippen LogP contribution in [-0.2, 0) is 84.3 Å². The maximum absolute atomic E-state index is 13.8. The molecule has 604 valence electrons. The molecule has 9 aromatic rings. The van der Waals surface area contributed by atoms with Gasteiger partial charge in [0.05, 0.1) is 31.2 Å². The maximum atomic E-state index is 13.8. The highest BCUT2D eigenvalue weighted by atomic mass is 79.9. The number of carbonyl (C=O) groups is 10. The van der Waals surface area contributed by atoms with Crippen molar-refractivity contribution in [3.63, 3.8) is 0 Å². The first-order valence-electron chi connectivity index (χ1n) is 36.3. The number of halogens is 6. The first-order chi connectivity index (χ1) is 53.9. The largest absolute Gasteiger partial charge is 0.474 e. The maximum Gasteiger partial charge on any atom is 0.474 e. The lowest BCUT2D eigenvalue weighted by Gasteiger charge is -2.27. The molecule has 3 aliphatic carbocycles. The SMILES string of the molecule is CC(=O)c1nn(CC(=O)N2[C@H](C(=O)Nc3nc(Br)ccc3C)C[C@@]3(C)C[C@@H]23)c2c(S(C)(=N)=O)cccc12.CC(=O)c1nn(CC(=O)N2[C@H](C(=O)Nc3nc(Br)ccc3C)C[C@@]3(C)C[C@@H]23)c2c(S(C)=N)cccc12.CC(=O)c1nn(CC(=O)N2[C@H](C(=O)Nc3nc(Br)ccc3C)C[C@@]3(C)C[C@@H]23)c2c(S(C)=NC(=O)C(F)(F)F)cccc12. The fourth-order valence-electron chi connectivity index (χ4n) is 16.0. The third kappa shape index (κ3) is 16.6. The van der Waals surface area contributed by atoms with E-state index in [1.807, 2.05) is 51.1 Å². The number of piperidine rings is 3. The lowest BCUT2D eigenvalue weighted by molar-refractivity contribution is -0.169. The van der Waals surface area contributed by atoms with Crippen LogP contribution in [0, 0.1) is 46.6 Å². The number of nitrogens with zero attached hydrogens (tertiary/aromatic N) is 13. The summed E-state index contributed by atoms with van der Waals surface area (Å²) in [6.07, 6.45) is 3.21. The number of amides is 7. The molecule has 9 heterocycles. The van der Waals surface area contributed by atoms with Crippen molar-refractivity contribution in [2.45, 2.75) is 178 Å². The number of carbonyl (C=O) groups excluding carboxylic acids is 10. The molecule has 0 radical (unpaired) electrons. The number of benzene rings is 3. The second-order valence-electron chi connectivity index (χ2n) is 30.9. The van der Waals surface area contributed by atoms with Gasteiger partial charge < -0.3 is 30.7 Å². The summed E-state index contributed by atoms with van der Waals surface area (Å²) in [4.78, 5) is 149. The summed E-state index contributed by atoms with van der Waals surface area (Å²) in [5, 5.41) is 23.2. The Morgan fingerprint density at radius 2 is 0.826 bits per heavy atom. The van der Waals surface area contributed by atoms with Gasteiger partial charge in [-0.05, 0) is 189 Å². The topological polar surface area (TPSA) is 386 Å². The number of fused-ring (bicyclic) bond motifs is 6. The Labute approximate surface area is 688 Å². The van der Waals surface area contributed by atoms with Crippen LogP contribution in [0.15, 0.2) is 124 Å². The number of Topliss-reactive ketones (excluding diaryl/α,β-unsaturated/α-hetero) is 3. The zero-order chi connectivity index (χ0) is 83.5. The molecule has 15 rings (SSSR count). The van der Waals surface area contributed by atoms with Gasteiger partial charge in [-0.3, -0.25) is 66.8 Å². The third-order valence-electron chi connectivity index (χ3n) is 22.2. The van der Waals surface area contributed by atoms with Crippen LogP contribution < -0.4 is 16.0 Å². The minimum atomic E-state index is -5.14. The van der Waals surface area contributed by atoms with Crippen LogP contribution in [0.1, 0.15) is 128 Å². The average molecular weight is 1830 g/mol. The number of aromatic nitrogens is 9. The van der Waals surface area contributed by atoms with E-state index in [4.69, 9.17) is 9.56 Å². The van der Waals surface area contributed by atoms with Crippen molar-refractivity contribution in [2.24, 2.45) is 20.6 Å². The molecule has 3 aliphatic heterocycles. The van der Waals surface area contributed by atoms with Crippen LogP contribution in [0.3, 0.4) is 0 Å². The average Bonchev–Trinajstić information content (AvgIpc) is 1.55. The molecule has 0 spiro atoms. The van der Waals surface area contributed by atoms with Crippen molar-refractivity contribution >= 4 is 188 Å². The van der Waals surface area contributed by atoms with E-state index in [0.29, 0.717) is 77.7 Å². The van der Waals surface area contributed by atoms with Crippen LogP contribution in [0.25, 0.3) is 32.7 Å². The summed E-state index contributed by atoms with van der Waals surface area (Å²) < 4.78 is 77.2. The van der Waals surface area contributed by atoms with Crippen molar-refractivity contribution < 1.29 is 65.3 Å². The first-order valence-corrected chi connectivity index (χ1v) is 43.8. The van der Waals surface area contributed by atoms with E-state index in [-0.39, 0.29) is 127 Å². The van der Waals surface area contributed by atoms with Gasteiger partial charge in [0.2, 0.25) is 35.4 Å². The summed E-state index contributed by atoms with van der Waals surface area (Å²) in [6.45, 7) is 15.1. The minimum Gasteiger partial charge on any atom is -0.325 e. The van der Waals surface area contributed by atoms with Crippen LogP contribution in [0.4, 0.5) is 30.6 Å². The molecular weight excluding hydrogens is 1750 g/mol. The Morgan fingerprint density at radius 1 is 0.513 bits per heavy atom. The number of nitrogens with one attached hydrogen (secondary N) is 5. The molecule has 6 aliphatic rings. The molecule has 3 unspecified atom stereocenters. The highest BCUT2D eigenvalue weighted by Crippen LogP contribution is 2.61. The second kappa shape index (κ2) is 31.2. The quantitative estimate of drug-likeness (QED) is 0.0393. The Bertz CT molecular complexity index is 5900. The standard InChI is InChI=1S/C27H26BrF3N6O4S.C25H27BrN6O4S.C25H27BrN6O3S/c1-13-8-9-19(28)32-23(13)33-24(40)16-10-26(3)11-18(26)37(16)20(39)12-36-22-15(21(34-36)14(2)38)6-5-7-17(22)42(4)35-25(41)27(29,30)31;1-13-8-9-19(26)28-23(13)29-24(35)16-10-25(3)11-18(25)32(16)20(34)12-31-22-15(21(30-31)14(2)33)6-5-7-17(22)37(4,27)36;1-13-8-9-19(26)28-23(13)29-24(35)16-10-25(3)11-18(25)32(16)20(34)12-31-22-15(21(30-31)14(2)33)6-5-7-17(22)36(4)27/h5-9,16,18H,10-12H2,1-4H3,(H,32,33,40);5-9,16,18,27H,10-12H2,1-4H3,(H,28,29,35);5-9,16,18,27H,10-12H2,1-4H3,(H,28,29,35)/t16-,18+,26-,42?;16-,18+,25-,37?;16-,18+,25-,36?/m000/s1. The molecule has 7 amide bonds. The molecule has 0 bridgehead atoms. The number of aryl methyl sites for hydroxylation is 3. The number of para-hydroxylation sites is 3. The summed E-state index contributed by atoms with van der Waals surface area (Å²) in [5.74, 6) is -3.82. The number of anilines is 3. The summed E-state index contributed by atoms with van der Waals surface area (Å²) in [7, 11) is -5.59. The Balaban J connectivity index is 0.000000151. The summed E-state index contributed by atoms with van der Waals surface area (Å²) in [6, 6.07) is 23.4. The highest BCUT2D eigenvalue weighted by Gasteiger charge is 2.67. The molecule has 38 heteroatoms. The third-order valence-corrected chi connectivity index (χ3v) is 27.1. The number of ketones is 3. The number of likely N-dealkylation sites (tertiary alicyclic amines) is 3. The number of hydrogen-bond acceptors (Lipinski definition) is 19. The first kappa shape index (κ1) is 83.4. The zero-order valence-corrected chi connectivity index (χ0v) is 71.5. The fraction of sp³-hybridized carbons (Fsp3) is 0.403. The number of alkyl halides is 3. The molecule has 12 atom stereocenters. The summed E-state index contributed by atoms with van der Waals surface area (Å²) >= 11 is 9.96. The molecule has 6 aromatic heterocycles. The van der Waals surface area contributed by atoms with Gasteiger partial charge in [-0.15, -0.1) is 0 Å². The van der Waals surface area contributed by atoms with E-state index >= 15 is 0 Å². The predicted octanol–water partition coefficient (Wildman–Crippen LogP) is 12.5. The van der Waals surface area contributed by atoms with Crippen LogP contribution in [0.2, 0.25) is 0 Å². The molecular formula is C77H80Br3F3N18O11S3. The Morgan fingerprint density at radius 3 is 1.15 bits per heavy atom. The van der Waals surface area contributed by atoms with Gasteiger partial charge in [-0.2, -0.15) is 32.8 Å². The lowest BCUT2D eigenvalue weighted by atomic mass is 10.0. The Kier molecular flexibility index (Phi) is 22.6. The minimum absolute atomic E-state index is 0.0112. The van der Waals surface area contributed by atoms with Crippen molar-refractivity contribution in [2.75, 3.05) is 34.7 Å². The molecule has 29 nitrogen and oxygen atoms in total. The van der Waals surface area contributed by atoms with Crippen LogP contribution >= 0.6 is 47.8 Å². The molecule has 5 N–H and O–H groups in total. The van der Waals surface area contributed by atoms with Gasteiger partial charge >= 0.3 is 12.1 Å². The van der Waals surface area contributed by atoms with Crippen molar-refractivity contribution in [3.8, 4) is 0 Å². The van der Waals surface area contributed by atoms with Gasteiger partial charge in [0.1, 0.15) is 86.1 Å². The van der Waals surface area contributed by atoms with E-state index in [0.717, 1.165) is 40.8 Å². The number of rotatable bonds is 18. The van der Waals surface area contributed by atoms with Gasteiger partial charge in [0.25, 0.3) is 0 Å². The lowest BCUT2D eigenvalue weighted by Crippen LogP contribution is -2.47. The van der Waals surface area contributed by atoms with Gasteiger partial charge in [-0.25, -0.2) is 23.9 Å². The Hall–Kier alpha value is -9.50. The molecule has 115 heavy (non-hydrogen) atoms. The van der Waals surface area contributed by atoms with E-state index < -0.39 is 73.0 Å². The van der Waals surface area contributed by atoms with Gasteiger partial charge in [0.15, 0.2) is 17.3 Å². The van der Waals surface area contributed by atoms with Crippen LogP contribution in [0.5, 0.6) is 0 Å². The second-order valence-corrected chi connectivity index (χ2v) is 38.5. The molecule has 3 saturated heterocycles. The van der Waals surface area contributed by atoms with Gasteiger partial charge in [0, 0.05) is 71.1 Å². The van der Waals surface area contributed by atoms with Gasteiger partial charge in [-0.1, -0.05) is 96.8 Å². The van der Waals surface area contributed by atoms with Crippen molar-refractivity contribution in [3.05, 3.63) is 139 Å². The van der Waals surface area contributed by atoms with E-state index in [2.05, 4.69) is 112 Å². The molecule has 6 fully saturated rings. The number of hydrogen-bond donors (Lipinski definition) is 5. The fourth-order valence-corrected chi connectivity index (χ4v) is 19.8. The highest BCUT2D eigenvalue weighted by molar-refractivity contribution is 9.11. The smallest absolute Gasteiger partial charge is 0.325 e.